The standard InChI is InChI=1S/C13H17BrClNO2/c1-8(2)11(5-6-15)16-13(18)9-3-4-10(14)12(17)7-9/h3-4,7-8,11,17H,5-6H2,1-2H3,(H,16,18). The van der Waals surface area contributed by atoms with Gasteiger partial charge >= 0.3 is 0 Å². The van der Waals surface area contributed by atoms with Gasteiger partial charge in [0.05, 0.1) is 4.47 Å². The predicted molar refractivity (Wildman–Crippen MR) is 77.2 cm³/mol. The Kier molecular flexibility index (Phi) is 5.96. The molecule has 0 aliphatic heterocycles. The lowest BCUT2D eigenvalue weighted by Crippen LogP contribution is -2.38. The minimum absolute atomic E-state index is 0.0424. The molecule has 5 heteroatoms. The van der Waals surface area contributed by atoms with Crippen LogP contribution in [0.25, 0.3) is 0 Å². The molecular weight excluding hydrogens is 318 g/mol. The van der Waals surface area contributed by atoms with Crippen LogP contribution in [0.4, 0.5) is 0 Å². The molecule has 1 rings (SSSR count). The number of nitrogens with one attached hydrogen (secondary N) is 1. The molecule has 0 aliphatic carbocycles. The van der Waals surface area contributed by atoms with Crippen molar-refractivity contribution in [2.24, 2.45) is 5.92 Å². The summed E-state index contributed by atoms with van der Waals surface area (Å²) < 4.78 is 0.570. The Morgan fingerprint density at radius 2 is 2.17 bits per heavy atom. The third-order valence-electron chi connectivity index (χ3n) is 2.75. The average molecular weight is 335 g/mol. The Morgan fingerprint density at radius 1 is 1.50 bits per heavy atom. The van der Waals surface area contributed by atoms with E-state index in [1.54, 1.807) is 12.1 Å². The lowest BCUT2D eigenvalue weighted by molar-refractivity contribution is 0.0924. The summed E-state index contributed by atoms with van der Waals surface area (Å²) in [7, 11) is 0. The molecule has 0 saturated carbocycles. The molecule has 1 unspecified atom stereocenters. The Morgan fingerprint density at radius 3 is 2.67 bits per heavy atom. The lowest BCUT2D eigenvalue weighted by Gasteiger charge is -2.21. The summed E-state index contributed by atoms with van der Waals surface area (Å²) in [5, 5.41) is 12.5. The second-order valence-electron chi connectivity index (χ2n) is 4.47. The number of hydrogen-bond donors (Lipinski definition) is 2. The third kappa shape index (κ3) is 4.18. The van der Waals surface area contributed by atoms with Gasteiger partial charge in [0.25, 0.3) is 5.91 Å². The summed E-state index contributed by atoms with van der Waals surface area (Å²) in [4.78, 5) is 12.0. The zero-order valence-electron chi connectivity index (χ0n) is 10.4. The van der Waals surface area contributed by atoms with Gasteiger partial charge in [0.1, 0.15) is 5.75 Å². The van der Waals surface area contributed by atoms with Crippen LogP contribution in [0.15, 0.2) is 22.7 Å². The number of phenols is 1. The van der Waals surface area contributed by atoms with Gasteiger partial charge in [-0.25, -0.2) is 0 Å². The van der Waals surface area contributed by atoms with E-state index in [2.05, 4.69) is 21.2 Å². The Labute approximate surface area is 121 Å². The summed E-state index contributed by atoms with van der Waals surface area (Å²) in [5.41, 5.74) is 0.441. The molecule has 0 bridgehead atoms. The fraction of sp³-hybridized carbons (Fsp3) is 0.462. The van der Waals surface area contributed by atoms with Gasteiger partial charge in [-0.15, -0.1) is 11.6 Å². The van der Waals surface area contributed by atoms with Crippen LogP contribution in [0.5, 0.6) is 5.75 Å². The minimum Gasteiger partial charge on any atom is -0.507 e. The van der Waals surface area contributed by atoms with Crippen molar-refractivity contribution in [3.05, 3.63) is 28.2 Å². The molecule has 0 spiro atoms. The van der Waals surface area contributed by atoms with Crippen molar-refractivity contribution in [1.29, 1.82) is 0 Å². The summed E-state index contributed by atoms with van der Waals surface area (Å²) in [5.74, 6) is 0.689. The summed E-state index contributed by atoms with van der Waals surface area (Å²) in [6, 6.07) is 4.80. The van der Waals surface area contributed by atoms with Crippen molar-refractivity contribution in [2.45, 2.75) is 26.3 Å². The summed E-state index contributed by atoms with van der Waals surface area (Å²) in [6.07, 6.45) is 0.730. The molecule has 1 aromatic rings. The average Bonchev–Trinajstić information content (AvgIpc) is 2.31. The van der Waals surface area contributed by atoms with Crippen LogP contribution in [-0.4, -0.2) is 22.9 Å². The van der Waals surface area contributed by atoms with Crippen molar-refractivity contribution >= 4 is 33.4 Å². The number of alkyl halides is 1. The van der Waals surface area contributed by atoms with Gasteiger partial charge in [0.15, 0.2) is 0 Å². The molecule has 100 valence electrons. The number of rotatable bonds is 5. The van der Waals surface area contributed by atoms with E-state index >= 15 is 0 Å². The highest BCUT2D eigenvalue weighted by atomic mass is 79.9. The van der Waals surface area contributed by atoms with E-state index in [0.717, 1.165) is 6.42 Å². The SMILES string of the molecule is CC(C)C(CCCl)NC(=O)c1ccc(Br)c(O)c1. The predicted octanol–water partition coefficient (Wildman–Crippen LogP) is 3.54. The number of aromatic hydroxyl groups is 1. The first-order valence-corrected chi connectivity index (χ1v) is 7.13. The topological polar surface area (TPSA) is 49.3 Å². The molecule has 0 radical (unpaired) electrons. The van der Waals surface area contributed by atoms with Gasteiger partial charge < -0.3 is 10.4 Å². The lowest BCUT2D eigenvalue weighted by atomic mass is 10.0. The number of amides is 1. The first kappa shape index (κ1) is 15.3. The van der Waals surface area contributed by atoms with Crippen LogP contribution >= 0.6 is 27.5 Å². The number of carbonyl (C=O) groups excluding carboxylic acids is 1. The third-order valence-corrected chi connectivity index (χ3v) is 3.64. The van der Waals surface area contributed by atoms with Gasteiger partial charge in [0, 0.05) is 17.5 Å². The highest BCUT2D eigenvalue weighted by Gasteiger charge is 2.17. The normalized spacial score (nSPS) is 12.5. The molecule has 1 aromatic carbocycles. The molecule has 3 nitrogen and oxygen atoms in total. The molecule has 0 aromatic heterocycles. The highest BCUT2D eigenvalue weighted by molar-refractivity contribution is 9.10. The zero-order chi connectivity index (χ0) is 13.7. The number of carbonyl (C=O) groups is 1. The van der Waals surface area contributed by atoms with Crippen molar-refractivity contribution in [3.8, 4) is 5.75 Å². The quantitative estimate of drug-likeness (QED) is 0.809. The maximum atomic E-state index is 12.0. The molecule has 1 atom stereocenters. The minimum atomic E-state index is -0.193. The van der Waals surface area contributed by atoms with E-state index in [4.69, 9.17) is 11.6 Å². The van der Waals surface area contributed by atoms with Gasteiger partial charge in [-0.2, -0.15) is 0 Å². The van der Waals surface area contributed by atoms with Crippen LogP contribution in [0.2, 0.25) is 0 Å². The molecule has 2 N–H and O–H groups in total. The highest BCUT2D eigenvalue weighted by Crippen LogP contribution is 2.24. The molecular formula is C13H17BrClNO2. The monoisotopic (exact) mass is 333 g/mol. The molecule has 0 heterocycles. The van der Waals surface area contributed by atoms with Gasteiger partial charge in [-0.3, -0.25) is 4.79 Å². The molecule has 0 aliphatic rings. The zero-order valence-corrected chi connectivity index (χ0v) is 12.8. The second-order valence-corrected chi connectivity index (χ2v) is 5.70. The van der Waals surface area contributed by atoms with E-state index in [-0.39, 0.29) is 17.7 Å². The van der Waals surface area contributed by atoms with Crippen LogP contribution in [0, 0.1) is 5.92 Å². The number of hydrogen-bond acceptors (Lipinski definition) is 2. The first-order valence-electron chi connectivity index (χ1n) is 5.81. The van der Waals surface area contributed by atoms with Crippen LogP contribution in [-0.2, 0) is 0 Å². The first-order chi connectivity index (χ1) is 8.45. The number of phenolic OH excluding ortho intramolecular Hbond substituents is 1. The molecule has 0 saturated heterocycles. The van der Waals surface area contributed by atoms with Gasteiger partial charge in [0.2, 0.25) is 0 Å². The van der Waals surface area contributed by atoms with E-state index in [9.17, 15) is 9.90 Å². The largest absolute Gasteiger partial charge is 0.507 e. The molecule has 0 fully saturated rings. The van der Waals surface area contributed by atoms with E-state index in [1.165, 1.54) is 6.07 Å². The molecule has 18 heavy (non-hydrogen) atoms. The molecule has 1 amide bonds. The maximum Gasteiger partial charge on any atom is 0.251 e. The van der Waals surface area contributed by atoms with Crippen LogP contribution in [0.1, 0.15) is 30.6 Å². The van der Waals surface area contributed by atoms with E-state index in [1.807, 2.05) is 13.8 Å². The maximum absolute atomic E-state index is 12.0. The van der Waals surface area contributed by atoms with Crippen molar-refractivity contribution < 1.29 is 9.90 Å². The summed E-state index contributed by atoms with van der Waals surface area (Å²) >= 11 is 8.90. The van der Waals surface area contributed by atoms with Crippen molar-refractivity contribution in [1.82, 2.24) is 5.32 Å². The van der Waals surface area contributed by atoms with Gasteiger partial charge in [-0.05, 0) is 46.5 Å². The van der Waals surface area contributed by atoms with Crippen LogP contribution < -0.4 is 5.32 Å². The van der Waals surface area contributed by atoms with Gasteiger partial charge in [-0.1, -0.05) is 13.8 Å². The Balaban J connectivity index is 2.77. The fourth-order valence-electron chi connectivity index (χ4n) is 1.60. The van der Waals surface area contributed by atoms with E-state index < -0.39 is 0 Å². The van der Waals surface area contributed by atoms with Crippen molar-refractivity contribution in [2.75, 3.05) is 5.88 Å². The second kappa shape index (κ2) is 7.00. The van der Waals surface area contributed by atoms with E-state index in [0.29, 0.717) is 21.8 Å². The Hall–Kier alpha value is -0.740. The summed E-state index contributed by atoms with van der Waals surface area (Å²) in [6.45, 7) is 4.08. The number of benzene rings is 1. The fourth-order valence-corrected chi connectivity index (χ4v) is 2.08. The Bertz CT molecular complexity index is 423. The van der Waals surface area contributed by atoms with Crippen LogP contribution in [0.3, 0.4) is 0 Å². The number of halogens is 2. The smallest absolute Gasteiger partial charge is 0.251 e. The van der Waals surface area contributed by atoms with Crippen molar-refractivity contribution in [3.63, 3.8) is 0 Å².